The molecule has 0 amide bonds. The Morgan fingerprint density at radius 2 is 2.03 bits per heavy atom. The number of benzene rings is 1. The van der Waals surface area contributed by atoms with Gasteiger partial charge >= 0.3 is 11.7 Å². The third kappa shape index (κ3) is 3.54. The van der Waals surface area contributed by atoms with E-state index in [-0.39, 0.29) is 17.7 Å². The first-order valence-electron chi connectivity index (χ1n) is 8.71. The highest BCUT2D eigenvalue weighted by Gasteiger charge is 2.32. The van der Waals surface area contributed by atoms with Crippen LogP contribution in [0.15, 0.2) is 53.6 Å². The van der Waals surface area contributed by atoms with Gasteiger partial charge in [0.25, 0.3) is 11.5 Å². The highest BCUT2D eigenvalue weighted by molar-refractivity contribution is 7.15. The molecule has 10 heteroatoms. The van der Waals surface area contributed by atoms with E-state index in [4.69, 9.17) is 11.6 Å². The van der Waals surface area contributed by atoms with Gasteiger partial charge in [-0.15, -0.1) is 11.3 Å². The lowest BCUT2D eigenvalue weighted by Crippen LogP contribution is -2.41. The van der Waals surface area contributed by atoms with Crippen LogP contribution in [0.1, 0.15) is 16.0 Å². The van der Waals surface area contributed by atoms with E-state index in [2.05, 4.69) is 4.98 Å². The van der Waals surface area contributed by atoms with Crippen molar-refractivity contribution in [2.24, 2.45) is 0 Å². The Bertz CT molecular complexity index is 1330. The molecule has 30 heavy (non-hydrogen) atoms. The van der Waals surface area contributed by atoms with Crippen molar-refractivity contribution < 1.29 is 22.8 Å². The number of aromatic hydroxyl groups is 1. The molecule has 154 valence electrons. The van der Waals surface area contributed by atoms with E-state index in [0.717, 1.165) is 12.1 Å². The average Bonchev–Trinajstić information content (AvgIpc) is 3.10. The first-order valence-corrected chi connectivity index (χ1v) is 9.91. The summed E-state index contributed by atoms with van der Waals surface area (Å²) in [7, 11) is 0. The molecule has 1 aromatic carbocycles. The van der Waals surface area contributed by atoms with Gasteiger partial charge in [0.2, 0.25) is 0 Å². The highest BCUT2D eigenvalue weighted by Crippen LogP contribution is 2.33. The predicted octanol–water partition coefficient (Wildman–Crippen LogP) is 4.45. The molecule has 0 unspecified atom stereocenters. The van der Waals surface area contributed by atoms with Crippen molar-refractivity contribution >= 4 is 28.6 Å². The van der Waals surface area contributed by atoms with Crippen LogP contribution in [0.4, 0.5) is 13.2 Å². The number of halogens is 4. The van der Waals surface area contributed by atoms with Gasteiger partial charge in [0, 0.05) is 11.8 Å². The summed E-state index contributed by atoms with van der Waals surface area (Å²) < 4.78 is 42.7. The summed E-state index contributed by atoms with van der Waals surface area (Å²) in [6.45, 7) is 1.91. The highest BCUT2D eigenvalue weighted by atomic mass is 35.5. The first-order chi connectivity index (χ1) is 14.2. The van der Waals surface area contributed by atoms with E-state index in [0.29, 0.717) is 20.6 Å². The largest absolute Gasteiger partial charge is 0.477 e. The number of aromatic nitrogens is 3. The maximum Gasteiger partial charge on any atom is 0.416 e. The summed E-state index contributed by atoms with van der Waals surface area (Å²) in [4.78, 5) is 17.8. The Morgan fingerprint density at radius 1 is 1.27 bits per heavy atom. The molecule has 1 N–H and O–H groups in total. The van der Waals surface area contributed by atoms with Crippen molar-refractivity contribution in [3.8, 4) is 17.0 Å². The summed E-state index contributed by atoms with van der Waals surface area (Å²) >= 11 is 7.11. The van der Waals surface area contributed by atoms with E-state index in [1.54, 1.807) is 25.3 Å². The summed E-state index contributed by atoms with van der Waals surface area (Å²) in [5.41, 5.74) is -0.659. The standard InChI is InChI=1S/C20H13ClF3N3O2S/c1-11-4-3-7-26-16(11)27(10-14-9-25-19(21)30-14)18(29)15(17(26)28)12-5-2-6-13(8-12)20(22,23)24/h2-9H,10H2,1H3/p+1. The molecule has 0 radical (unpaired) electrons. The Hall–Kier alpha value is -2.91. The van der Waals surface area contributed by atoms with Crippen LogP contribution in [0, 0.1) is 6.92 Å². The van der Waals surface area contributed by atoms with Crippen LogP contribution in [-0.4, -0.2) is 14.5 Å². The lowest BCUT2D eigenvalue weighted by molar-refractivity contribution is -0.671. The molecular weight excluding hydrogens is 439 g/mol. The Labute approximate surface area is 177 Å². The van der Waals surface area contributed by atoms with E-state index < -0.39 is 23.2 Å². The smallest absolute Gasteiger partial charge is 0.416 e. The zero-order valence-corrected chi connectivity index (χ0v) is 17.0. The number of fused-ring (bicyclic) bond motifs is 1. The van der Waals surface area contributed by atoms with Gasteiger partial charge in [-0.25, -0.2) is 9.78 Å². The summed E-state index contributed by atoms with van der Waals surface area (Å²) in [6, 6.07) is 7.76. The molecule has 3 aromatic heterocycles. The van der Waals surface area contributed by atoms with Crippen molar-refractivity contribution in [2.75, 3.05) is 0 Å². The second kappa shape index (κ2) is 7.41. The number of pyridine rings is 1. The Kier molecular flexibility index (Phi) is 5.03. The van der Waals surface area contributed by atoms with Gasteiger partial charge in [-0.2, -0.15) is 22.1 Å². The number of rotatable bonds is 3. The third-order valence-electron chi connectivity index (χ3n) is 4.65. The minimum Gasteiger partial charge on any atom is -0.477 e. The normalized spacial score (nSPS) is 11.9. The molecule has 3 heterocycles. The quantitative estimate of drug-likeness (QED) is 0.467. The molecule has 0 saturated heterocycles. The number of alkyl halides is 3. The van der Waals surface area contributed by atoms with Crippen LogP contribution in [0.25, 0.3) is 16.8 Å². The molecular formula is C20H14ClF3N3O2S+. The van der Waals surface area contributed by atoms with E-state index in [9.17, 15) is 23.1 Å². The van der Waals surface area contributed by atoms with Crippen molar-refractivity contribution in [3.05, 3.63) is 79.6 Å². The fourth-order valence-electron chi connectivity index (χ4n) is 3.33. The first kappa shape index (κ1) is 20.4. The number of nitrogens with zero attached hydrogens (tertiary/aromatic N) is 3. The summed E-state index contributed by atoms with van der Waals surface area (Å²) in [5.74, 6) is -0.432. The third-order valence-corrected chi connectivity index (χ3v) is 5.75. The van der Waals surface area contributed by atoms with Gasteiger partial charge in [0.05, 0.1) is 16.6 Å². The van der Waals surface area contributed by atoms with Gasteiger partial charge in [-0.3, -0.25) is 0 Å². The molecule has 0 saturated carbocycles. The molecule has 4 rings (SSSR count). The molecule has 0 fully saturated rings. The van der Waals surface area contributed by atoms with Crippen molar-refractivity contribution in [2.45, 2.75) is 19.6 Å². The van der Waals surface area contributed by atoms with Crippen LogP contribution < -0.4 is 10.1 Å². The fourth-order valence-corrected chi connectivity index (χ4v) is 4.30. The molecule has 0 aliphatic carbocycles. The van der Waals surface area contributed by atoms with Gasteiger partial charge in [-0.05, 0) is 36.8 Å². The number of hydrogen-bond acceptors (Lipinski definition) is 4. The van der Waals surface area contributed by atoms with Gasteiger partial charge in [0.1, 0.15) is 6.54 Å². The fraction of sp³-hybridized carbons (Fsp3) is 0.150. The molecule has 0 aliphatic heterocycles. The van der Waals surface area contributed by atoms with Crippen molar-refractivity contribution in [3.63, 3.8) is 0 Å². The zero-order chi connectivity index (χ0) is 21.6. The van der Waals surface area contributed by atoms with Crippen LogP contribution in [0.2, 0.25) is 4.47 Å². The monoisotopic (exact) mass is 452 g/mol. The number of hydrogen-bond donors (Lipinski definition) is 1. The Balaban J connectivity index is 2.03. The molecule has 0 aliphatic rings. The molecule has 5 nitrogen and oxygen atoms in total. The molecule has 0 atom stereocenters. The van der Waals surface area contributed by atoms with E-state index >= 15 is 0 Å². The topological polar surface area (TPSA) is 58.5 Å². The summed E-state index contributed by atoms with van der Waals surface area (Å²) in [6.07, 6.45) is -1.52. The minimum atomic E-state index is -4.58. The van der Waals surface area contributed by atoms with Crippen LogP contribution in [0.3, 0.4) is 0 Å². The van der Waals surface area contributed by atoms with E-state index in [1.165, 1.54) is 38.6 Å². The molecule has 4 aromatic rings. The number of aryl methyl sites for hydroxylation is 1. The SMILES string of the molecule is Cc1cccn2c(=O)c(-c3cccc(C(F)(F)F)c3)c(O)[n+](Cc3cnc(Cl)s3)c12. The second-order valence-electron chi connectivity index (χ2n) is 6.63. The lowest BCUT2D eigenvalue weighted by Gasteiger charge is -2.12. The molecule has 0 bridgehead atoms. The van der Waals surface area contributed by atoms with Crippen LogP contribution in [0.5, 0.6) is 5.88 Å². The van der Waals surface area contributed by atoms with E-state index in [1.807, 2.05) is 0 Å². The lowest BCUT2D eigenvalue weighted by atomic mass is 10.0. The Morgan fingerprint density at radius 3 is 2.70 bits per heavy atom. The van der Waals surface area contributed by atoms with Crippen molar-refractivity contribution in [1.82, 2.24) is 9.38 Å². The second-order valence-corrected chi connectivity index (χ2v) is 8.33. The minimum absolute atomic E-state index is 0.0284. The predicted molar refractivity (Wildman–Crippen MR) is 107 cm³/mol. The maximum absolute atomic E-state index is 13.2. The maximum atomic E-state index is 13.2. The average molecular weight is 453 g/mol. The number of thiazole rings is 1. The van der Waals surface area contributed by atoms with Gasteiger partial charge in [0.15, 0.2) is 10.0 Å². The van der Waals surface area contributed by atoms with Gasteiger partial charge in [-0.1, -0.05) is 23.7 Å². The van der Waals surface area contributed by atoms with Crippen LogP contribution in [-0.2, 0) is 12.7 Å². The molecule has 0 spiro atoms. The van der Waals surface area contributed by atoms with Gasteiger partial charge < -0.3 is 5.11 Å². The van der Waals surface area contributed by atoms with Crippen molar-refractivity contribution in [1.29, 1.82) is 0 Å². The summed E-state index contributed by atoms with van der Waals surface area (Å²) in [5, 5.41) is 11.0. The van der Waals surface area contributed by atoms with Crippen LogP contribution >= 0.6 is 22.9 Å². The zero-order valence-electron chi connectivity index (χ0n) is 15.4.